The van der Waals surface area contributed by atoms with E-state index < -0.39 is 23.1 Å². The van der Waals surface area contributed by atoms with E-state index in [1.54, 1.807) is 12.3 Å². The maximum atomic E-state index is 9.73. The monoisotopic (exact) mass is 836 g/mol. The van der Waals surface area contributed by atoms with Gasteiger partial charge in [0.05, 0.1) is 5.58 Å². The number of hydrogen-bond acceptors (Lipinski definition) is 3. The molecular formula is C46H44IrN2O-2. The molecular weight excluding hydrogens is 789 g/mol. The molecule has 1 atom stereocenters. The van der Waals surface area contributed by atoms with E-state index in [1.807, 2.05) is 106 Å². The van der Waals surface area contributed by atoms with E-state index in [1.165, 1.54) is 11.1 Å². The van der Waals surface area contributed by atoms with Gasteiger partial charge in [0.15, 0.2) is 0 Å². The molecule has 0 amide bonds. The molecule has 0 N–H and O–H groups in total. The van der Waals surface area contributed by atoms with Gasteiger partial charge in [-0.1, -0.05) is 125 Å². The largest absolute Gasteiger partial charge is 0.501 e. The van der Waals surface area contributed by atoms with E-state index in [2.05, 4.69) is 69.1 Å². The molecule has 0 bridgehead atoms. The van der Waals surface area contributed by atoms with Gasteiger partial charge in [-0.2, -0.15) is 0 Å². The third-order valence-electron chi connectivity index (χ3n) is 9.40. The summed E-state index contributed by atoms with van der Waals surface area (Å²) in [6.07, 6.45) is 2.06. The molecule has 1 aliphatic carbocycles. The van der Waals surface area contributed by atoms with Gasteiger partial charge >= 0.3 is 0 Å². The van der Waals surface area contributed by atoms with E-state index in [-0.39, 0.29) is 25.5 Å². The van der Waals surface area contributed by atoms with Crippen molar-refractivity contribution in [2.45, 2.75) is 71.6 Å². The van der Waals surface area contributed by atoms with Crippen LogP contribution in [0.1, 0.15) is 80.7 Å². The van der Waals surface area contributed by atoms with E-state index in [4.69, 9.17) is 12.1 Å². The molecule has 3 heterocycles. The summed E-state index contributed by atoms with van der Waals surface area (Å²) in [4.78, 5) is 9.19. The average Bonchev–Trinajstić information content (AvgIpc) is 3.58. The Labute approximate surface area is 314 Å². The zero-order chi connectivity index (χ0) is 37.1. The average molecular weight is 836 g/mol. The van der Waals surface area contributed by atoms with Gasteiger partial charge in [0.1, 0.15) is 5.58 Å². The first-order chi connectivity index (χ1) is 24.6. The number of rotatable bonds is 4. The van der Waals surface area contributed by atoms with Crippen molar-refractivity contribution < 1.29 is 28.6 Å². The van der Waals surface area contributed by atoms with Crippen LogP contribution >= 0.6 is 0 Å². The molecule has 1 aliphatic rings. The molecule has 0 saturated heterocycles. The minimum Gasteiger partial charge on any atom is -0.501 e. The number of aromatic nitrogens is 2. The Balaban J connectivity index is 0.000000178. The fourth-order valence-electron chi connectivity index (χ4n) is 7.69. The summed E-state index contributed by atoms with van der Waals surface area (Å²) in [5.41, 5.74) is 7.68. The van der Waals surface area contributed by atoms with Crippen molar-refractivity contribution >= 4 is 21.9 Å². The predicted octanol–water partition coefficient (Wildman–Crippen LogP) is 11.9. The number of nitrogens with zero attached hydrogens (tertiary/aromatic N) is 2. The second kappa shape index (κ2) is 13.7. The molecule has 8 rings (SSSR count). The molecule has 3 aromatic heterocycles. The van der Waals surface area contributed by atoms with Crippen LogP contribution in [0.5, 0.6) is 0 Å². The first-order valence-corrected chi connectivity index (χ1v) is 16.9. The van der Waals surface area contributed by atoms with Gasteiger partial charge in [0, 0.05) is 47.9 Å². The summed E-state index contributed by atoms with van der Waals surface area (Å²) in [6.45, 7) is 14.5. The van der Waals surface area contributed by atoms with E-state index in [0.29, 0.717) is 11.3 Å². The van der Waals surface area contributed by atoms with Crippen molar-refractivity contribution in [3.63, 3.8) is 0 Å². The SMILES string of the molecule is [2H]C([2H])(c1ccnc(-c2[c-]ccc3c2oc2ccccc23)c1)C(C)(C)C.[2H]C1(c2ccccc2)C(C)(C)c2ccnc(-c3[c-]cccc3)c2C1(C)C.[Ir]. The van der Waals surface area contributed by atoms with Crippen LogP contribution in [0, 0.1) is 17.5 Å². The molecule has 3 nitrogen and oxygen atoms in total. The van der Waals surface area contributed by atoms with Crippen LogP contribution in [0.4, 0.5) is 0 Å². The smallest absolute Gasteiger partial charge is 0.120 e. The number of pyridine rings is 2. The van der Waals surface area contributed by atoms with E-state index >= 15 is 0 Å². The van der Waals surface area contributed by atoms with E-state index in [9.17, 15) is 1.37 Å². The second-order valence-electron chi connectivity index (χ2n) is 14.8. The van der Waals surface area contributed by atoms with E-state index in [0.717, 1.165) is 44.3 Å². The Morgan fingerprint density at radius 1 is 0.780 bits per heavy atom. The maximum Gasteiger partial charge on any atom is 0.120 e. The topological polar surface area (TPSA) is 38.9 Å². The van der Waals surface area contributed by atoms with Crippen molar-refractivity contribution in [3.05, 3.63) is 156 Å². The van der Waals surface area contributed by atoms with Gasteiger partial charge in [-0.3, -0.25) is 0 Å². The van der Waals surface area contributed by atoms with Crippen molar-refractivity contribution in [2.24, 2.45) is 5.41 Å². The third kappa shape index (κ3) is 6.60. The van der Waals surface area contributed by atoms with Crippen LogP contribution in [0.2, 0.25) is 0 Å². The molecule has 7 aromatic rings. The van der Waals surface area contributed by atoms with Gasteiger partial charge < -0.3 is 14.4 Å². The van der Waals surface area contributed by atoms with Crippen molar-refractivity contribution in [1.82, 2.24) is 9.97 Å². The maximum absolute atomic E-state index is 9.73. The second-order valence-corrected chi connectivity index (χ2v) is 14.8. The predicted molar refractivity (Wildman–Crippen MR) is 203 cm³/mol. The minimum atomic E-state index is -1.48. The molecule has 4 heteroatoms. The zero-order valence-corrected chi connectivity index (χ0v) is 32.1. The van der Waals surface area contributed by atoms with Crippen LogP contribution in [-0.4, -0.2) is 9.97 Å². The molecule has 255 valence electrons. The molecule has 0 aliphatic heterocycles. The fourth-order valence-corrected chi connectivity index (χ4v) is 7.69. The fraction of sp³-hybridized carbons (Fsp3) is 0.261. The number of para-hydroxylation sites is 1. The summed E-state index contributed by atoms with van der Waals surface area (Å²) < 4.78 is 32.9. The first kappa shape index (κ1) is 31.6. The van der Waals surface area contributed by atoms with Gasteiger partial charge in [-0.05, 0) is 63.3 Å². The number of hydrogen-bond donors (Lipinski definition) is 0. The number of benzene rings is 4. The van der Waals surface area contributed by atoms with Gasteiger partial charge in [-0.25, -0.2) is 0 Å². The van der Waals surface area contributed by atoms with Crippen molar-refractivity contribution in [3.8, 4) is 22.5 Å². The summed E-state index contributed by atoms with van der Waals surface area (Å²) in [5.74, 6) is -0.795. The summed E-state index contributed by atoms with van der Waals surface area (Å²) in [7, 11) is 0. The Morgan fingerprint density at radius 3 is 2.24 bits per heavy atom. The summed E-state index contributed by atoms with van der Waals surface area (Å²) in [6, 6.07) is 42.2. The number of fused-ring (bicyclic) bond motifs is 4. The minimum absolute atomic E-state index is 0. The van der Waals surface area contributed by atoms with Crippen LogP contribution in [0.25, 0.3) is 44.5 Å². The van der Waals surface area contributed by atoms with Crippen molar-refractivity contribution in [2.75, 3.05) is 0 Å². The van der Waals surface area contributed by atoms with Gasteiger partial charge in [-0.15, -0.1) is 54.1 Å². The molecule has 0 fully saturated rings. The molecule has 1 radical (unpaired) electrons. The zero-order valence-electron chi connectivity index (χ0n) is 32.7. The molecule has 50 heavy (non-hydrogen) atoms. The van der Waals surface area contributed by atoms with Crippen LogP contribution in [0.3, 0.4) is 0 Å². The number of furan rings is 1. The summed E-state index contributed by atoms with van der Waals surface area (Å²) in [5, 5.41) is 2.07. The Kier molecular flexibility index (Phi) is 8.68. The first-order valence-electron chi connectivity index (χ1n) is 18.4. The van der Waals surface area contributed by atoms with Crippen molar-refractivity contribution in [1.29, 1.82) is 0 Å². The molecule has 0 saturated carbocycles. The molecule has 4 aromatic carbocycles. The third-order valence-corrected chi connectivity index (χ3v) is 9.40. The van der Waals surface area contributed by atoms with Gasteiger partial charge in [0.25, 0.3) is 0 Å². The van der Waals surface area contributed by atoms with Gasteiger partial charge in [0.2, 0.25) is 0 Å². The molecule has 0 spiro atoms. The van der Waals surface area contributed by atoms with Crippen LogP contribution in [0.15, 0.2) is 126 Å². The Hall–Kier alpha value is -4.37. The normalized spacial score (nSPS) is 18.6. The molecule has 1 unspecified atom stereocenters. The van der Waals surface area contributed by atoms with Crippen LogP contribution in [-0.2, 0) is 37.3 Å². The Morgan fingerprint density at radius 2 is 1.50 bits per heavy atom. The summed E-state index contributed by atoms with van der Waals surface area (Å²) >= 11 is 0. The Bertz CT molecular complexity index is 2400. The standard InChI is InChI=1S/C24H24N.C22H20NO.Ir/c1-23(2)19-15-16-25-21(17-11-7-5-8-12-17)20(19)24(3,4)22(23)18-13-9-6-10-14-18;1-22(2,3)14-15-11-12-23-19(13-15)18-9-6-8-17-16-7-4-5-10-20(16)24-21(17)18;/h5-11,13-16,22H,1-4H3;4-8,10-13H,14H2,1-3H3;/q2*-1;/i22D;14D2;. The quantitative estimate of drug-likeness (QED) is 0.166. The van der Waals surface area contributed by atoms with Crippen LogP contribution < -0.4 is 0 Å².